The zero-order valence-corrected chi connectivity index (χ0v) is 11.9. The second-order valence-electron chi connectivity index (χ2n) is 6.80. The number of nitrogens with two attached hydrogens (primary N) is 1. The lowest BCUT2D eigenvalue weighted by Crippen LogP contribution is -2.54. The van der Waals surface area contributed by atoms with E-state index in [0.717, 1.165) is 25.7 Å². The van der Waals surface area contributed by atoms with Gasteiger partial charge in [-0.2, -0.15) is 0 Å². The van der Waals surface area contributed by atoms with Crippen LogP contribution in [0.15, 0.2) is 24.3 Å². The molecule has 2 aliphatic carbocycles. The highest BCUT2D eigenvalue weighted by atomic mass is 16.1. The van der Waals surface area contributed by atoms with Gasteiger partial charge < -0.3 is 5.73 Å². The molecule has 1 fully saturated rings. The number of carbonyl (C=O) groups is 1. The van der Waals surface area contributed by atoms with Crippen molar-refractivity contribution >= 4 is 5.91 Å². The van der Waals surface area contributed by atoms with Crippen LogP contribution >= 0.6 is 0 Å². The molecule has 2 nitrogen and oxygen atoms in total. The van der Waals surface area contributed by atoms with Crippen molar-refractivity contribution in [2.24, 2.45) is 17.1 Å². The van der Waals surface area contributed by atoms with Gasteiger partial charge >= 0.3 is 0 Å². The monoisotopic (exact) mass is 257 g/mol. The Morgan fingerprint density at radius 3 is 2.74 bits per heavy atom. The van der Waals surface area contributed by atoms with E-state index >= 15 is 0 Å². The van der Waals surface area contributed by atoms with Gasteiger partial charge in [0.05, 0.1) is 0 Å². The van der Waals surface area contributed by atoms with Crippen LogP contribution in [0.1, 0.15) is 50.7 Å². The summed E-state index contributed by atoms with van der Waals surface area (Å²) >= 11 is 0. The van der Waals surface area contributed by atoms with Gasteiger partial charge in [0, 0.05) is 5.41 Å². The van der Waals surface area contributed by atoms with E-state index in [1.165, 1.54) is 17.5 Å². The summed E-state index contributed by atoms with van der Waals surface area (Å²) in [6.07, 6.45) is 5.40. The predicted molar refractivity (Wildman–Crippen MR) is 76.8 cm³/mol. The van der Waals surface area contributed by atoms with E-state index in [-0.39, 0.29) is 16.7 Å². The van der Waals surface area contributed by atoms with Crippen LogP contribution in [0.2, 0.25) is 0 Å². The van der Waals surface area contributed by atoms with E-state index in [1.54, 1.807) is 0 Å². The van der Waals surface area contributed by atoms with Crippen molar-refractivity contribution in [3.8, 4) is 0 Å². The summed E-state index contributed by atoms with van der Waals surface area (Å²) in [4.78, 5) is 12.0. The van der Waals surface area contributed by atoms with Crippen LogP contribution in [0.3, 0.4) is 0 Å². The Labute approximate surface area is 115 Å². The molecule has 102 valence electrons. The van der Waals surface area contributed by atoms with Gasteiger partial charge in [0.25, 0.3) is 0 Å². The highest BCUT2D eigenvalue weighted by molar-refractivity contribution is 5.81. The Bertz CT molecular complexity index is 524. The smallest absolute Gasteiger partial charge is 0.223 e. The summed E-state index contributed by atoms with van der Waals surface area (Å²) < 4.78 is 0. The van der Waals surface area contributed by atoms with E-state index in [4.69, 9.17) is 5.73 Å². The number of carbonyl (C=O) groups excluding carboxylic acids is 1. The molecule has 19 heavy (non-hydrogen) atoms. The van der Waals surface area contributed by atoms with Crippen LogP contribution in [-0.4, -0.2) is 5.91 Å². The molecule has 1 unspecified atom stereocenters. The molecule has 0 spiro atoms. The summed E-state index contributed by atoms with van der Waals surface area (Å²) in [6, 6.07) is 8.75. The maximum Gasteiger partial charge on any atom is 0.223 e. The SMILES string of the molecule is C[C@@]1(C(N)=O)CCC[C@]2(C)c3ccccc3CCC12. The van der Waals surface area contributed by atoms with E-state index in [1.807, 2.05) is 0 Å². The molecule has 1 saturated carbocycles. The van der Waals surface area contributed by atoms with Crippen molar-refractivity contribution in [1.82, 2.24) is 0 Å². The quantitative estimate of drug-likeness (QED) is 0.825. The van der Waals surface area contributed by atoms with Crippen molar-refractivity contribution in [2.75, 3.05) is 0 Å². The van der Waals surface area contributed by atoms with Gasteiger partial charge in [0.15, 0.2) is 0 Å². The van der Waals surface area contributed by atoms with Crippen LogP contribution in [-0.2, 0) is 16.6 Å². The molecule has 0 radical (unpaired) electrons. The normalized spacial score (nSPS) is 37.3. The van der Waals surface area contributed by atoms with Crippen molar-refractivity contribution in [3.63, 3.8) is 0 Å². The van der Waals surface area contributed by atoms with E-state index in [9.17, 15) is 4.79 Å². The van der Waals surface area contributed by atoms with Crippen molar-refractivity contribution in [1.29, 1.82) is 0 Å². The average Bonchev–Trinajstić information content (AvgIpc) is 2.38. The minimum Gasteiger partial charge on any atom is -0.369 e. The summed E-state index contributed by atoms with van der Waals surface area (Å²) in [6.45, 7) is 4.43. The summed E-state index contributed by atoms with van der Waals surface area (Å²) in [5, 5.41) is 0. The molecule has 3 rings (SSSR count). The molecule has 1 aromatic carbocycles. The molecule has 1 amide bonds. The number of rotatable bonds is 1. The van der Waals surface area contributed by atoms with Gasteiger partial charge in [-0.1, -0.05) is 44.5 Å². The predicted octanol–water partition coefficient (Wildman–Crippen LogP) is 3.18. The molecule has 2 heteroatoms. The zero-order valence-electron chi connectivity index (χ0n) is 11.9. The molecule has 1 aromatic rings. The van der Waals surface area contributed by atoms with Crippen LogP contribution in [0.5, 0.6) is 0 Å². The van der Waals surface area contributed by atoms with Gasteiger partial charge in [0.1, 0.15) is 0 Å². The first-order valence-electron chi connectivity index (χ1n) is 7.37. The Morgan fingerprint density at radius 2 is 2.00 bits per heavy atom. The van der Waals surface area contributed by atoms with Crippen LogP contribution in [0.4, 0.5) is 0 Å². The second kappa shape index (κ2) is 4.09. The number of aryl methyl sites for hydroxylation is 1. The Morgan fingerprint density at radius 1 is 1.26 bits per heavy atom. The largest absolute Gasteiger partial charge is 0.369 e. The summed E-state index contributed by atoms with van der Waals surface area (Å²) in [5.74, 6) is 0.281. The Balaban J connectivity index is 2.12. The molecule has 2 N–H and O–H groups in total. The van der Waals surface area contributed by atoms with E-state index in [2.05, 4.69) is 38.1 Å². The van der Waals surface area contributed by atoms with E-state index in [0.29, 0.717) is 5.92 Å². The summed E-state index contributed by atoms with van der Waals surface area (Å²) in [5.41, 5.74) is 8.46. The van der Waals surface area contributed by atoms with Crippen LogP contribution < -0.4 is 5.73 Å². The Kier molecular flexibility index (Phi) is 2.74. The number of fused-ring (bicyclic) bond motifs is 3. The number of primary amides is 1. The van der Waals surface area contributed by atoms with Crippen molar-refractivity contribution in [3.05, 3.63) is 35.4 Å². The maximum atomic E-state index is 12.0. The molecular weight excluding hydrogens is 234 g/mol. The first kappa shape index (κ1) is 12.7. The number of amides is 1. The molecule has 2 aliphatic rings. The molecular formula is C17H23NO. The van der Waals surface area contributed by atoms with Crippen molar-refractivity contribution in [2.45, 2.75) is 51.4 Å². The lowest BCUT2D eigenvalue weighted by molar-refractivity contribution is -0.135. The first-order chi connectivity index (χ1) is 8.98. The van der Waals surface area contributed by atoms with Gasteiger partial charge in [-0.05, 0) is 48.1 Å². The molecule has 0 bridgehead atoms. The fourth-order valence-electron chi connectivity index (χ4n) is 4.72. The van der Waals surface area contributed by atoms with Gasteiger partial charge in [-0.3, -0.25) is 4.79 Å². The minimum atomic E-state index is -0.333. The van der Waals surface area contributed by atoms with Gasteiger partial charge in [-0.15, -0.1) is 0 Å². The standard InChI is InChI=1S/C17H23NO/c1-16-10-5-11-17(2,15(18)19)14(16)9-8-12-6-3-4-7-13(12)16/h3-4,6-7,14H,5,8-11H2,1-2H3,(H2,18,19)/t14?,16-,17-/m1/s1. The lowest BCUT2D eigenvalue weighted by Gasteiger charge is -2.54. The highest BCUT2D eigenvalue weighted by Gasteiger charge is 2.54. The van der Waals surface area contributed by atoms with Gasteiger partial charge in [0.2, 0.25) is 5.91 Å². The molecule has 0 aromatic heterocycles. The lowest BCUT2D eigenvalue weighted by atomic mass is 9.49. The summed E-state index contributed by atoms with van der Waals surface area (Å²) in [7, 11) is 0. The van der Waals surface area contributed by atoms with E-state index < -0.39 is 0 Å². The highest BCUT2D eigenvalue weighted by Crippen LogP contribution is 2.56. The average molecular weight is 257 g/mol. The third-order valence-corrected chi connectivity index (χ3v) is 5.83. The fourth-order valence-corrected chi connectivity index (χ4v) is 4.72. The number of hydrogen-bond donors (Lipinski definition) is 1. The van der Waals surface area contributed by atoms with Crippen LogP contribution in [0, 0.1) is 11.3 Å². The van der Waals surface area contributed by atoms with Gasteiger partial charge in [-0.25, -0.2) is 0 Å². The molecule has 0 heterocycles. The van der Waals surface area contributed by atoms with Crippen LogP contribution in [0.25, 0.3) is 0 Å². The molecule has 0 aliphatic heterocycles. The van der Waals surface area contributed by atoms with Crippen molar-refractivity contribution < 1.29 is 4.79 Å². The zero-order chi connectivity index (χ0) is 13.7. The third kappa shape index (κ3) is 1.65. The second-order valence-corrected chi connectivity index (χ2v) is 6.80. The fraction of sp³-hybridized carbons (Fsp3) is 0.588. The Hall–Kier alpha value is -1.31. The molecule has 0 saturated heterocycles. The topological polar surface area (TPSA) is 43.1 Å². The maximum absolute atomic E-state index is 12.0. The first-order valence-corrected chi connectivity index (χ1v) is 7.37. The number of hydrogen-bond acceptors (Lipinski definition) is 1. The molecule has 3 atom stereocenters. The third-order valence-electron chi connectivity index (χ3n) is 5.83. The number of benzene rings is 1. The minimum absolute atomic E-state index is 0.109.